The molecule has 1 aromatic rings. The highest BCUT2D eigenvalue weighted by atomic mass is 35.5. The van der Waals surface area contributed by atoms with E-state index < -0.39 is 9.84 Å². The fourth-order valence-corrected chi connectivity index (χ4v) is 4.19. The van der Waals surface area contributed by atoms with Crippen molar-refractivity contribution in [3.63, 3.8) is 0 Å². The molecule has 0 aromatic heterocycles. The third-order valence-corrected chi connectivity index (χ3v) is 5.95. The summed E-state index contributed by atoms with van der Waals surface area (Å²) in [6, 6.07) is 6.32. The average molecular weight is 332 g/mol. The minimum atomic E-state index is -3.26. The van der Waals surface area contributed by atoms with E-state index in [-0.39, 0.29) is 12.4 Å². The standard InChI is InChI=1S/C15H22ClNO3S/c16-14-3-5-15(6-4-14)21(19,20)11-9-17-8-1-2-13(12-17)7-10-18/h3-6,13,18H,1-2,7-12H2/t13-/m0/s1. The van der Waals surface area contributed by atoms with Gasteiger partial charge in [0.1, 0.15) is 0 Å². The van der Waals surface area contributed by atoms with Crippen LogP contribution in [0.5, 0.6) is 0 Å². The molecule has 0 aliphatic carbocycles. The second-order valence-corrected chi connectivity index (χ2v) is 8.14. The monoisotopic (exact) mass is 331 g/mol. The highest BCUT2D eigenvalue weighted by Gasteiger charge is 2.22. The van der Waals surface area contributed by atoms with E-state index in [4.69, 9.17) is 16.7 Å². The summed E-state index contributed by atoms with van der Waals surface area (Å²) in [5.74, 6) is 0.613. The highest BCUT2D eigenvalue weighted by molar-refractivity contribution is 7.91. The molecule has 21 heavy (non-hydrogen) atoms. The fraction of sp³-hybridized carbons (Fsp3) is 0.600. The lowest BCUT2D eigenvalue weighted by atomic mass is 9.95. The van der Waals surface area contributed by atoms with Gasteiger partial charge < -0.3 is 10.0 Å². The zero-order valence-electron chi connectivity index (χ0n) is 12.0. The van der Waals surface area contributed by atoms with Crippen LogP contribution in [0.2, 0.25) is 5.02 Å². The Morgan fingerprint density at radius 2 is 2.00 bits per heavy atom. The average Bonchev–Trinajstić information content (AvgIpc) is 2.47. The van der Waals surface area contributed by atoms with Crippen LogP contribution in [-0.4, -0.2) is 50.4 Å². The molecule has 4 nitrogen and oxygen atoms in total. The van der Waals surface area contributed by atoms with Crippen LogP contribution in [0.15, 0.2) is 29.2 Å². The Balaban J connectivity index is 1.91. The van der Waals surface area contributed by atoms with Crippen LogP contribution >= 0.6 is 11.6 Å². The first-order valence-electron chi connectivity index (χ1n) is 7.33. The molecule has 0 spiro atoms. The number of aliphatic hydroxyl groups is 1. The molecule has 0 saturated carbocycles. The van der Waals surface area contributed by atoms with Crippen LogP contribution in [0.25, 0.3) is 0 Å². The van der Waals surface area contributed by atoms with Gasteiger partial charge in [-0.1, -0.05) is 11.6 Å². The molecular weight excluding hydrogens is 310 g/mol. The van der Waals surface area contributed by atoms with Crippen LogP contribution in [-0.2, 0) is 9.84 Å². The van der Waals surface area contributed by atoms with Crippen molar-refractivity contribution in [1.29, 1.82) is 0 Å². The van der Waals surface area contributed by atoms with Crippen molar-refractivity contribution in [3.8, 4) is 0 Å². The van der Waals surface area contributed by atoms with Gasteiger partial charge in [0.25, 0.3) is 0 Å². The van der Waals surface area contributed by atoms with Crippen LogP contribution < -0.4 is 0 Å². The third kappa shape index (κ3) is 4.95. The number of aliphatic hydroxyl groups excluding tert-OH is 1. The number of halogens is 1. The van der Waals surface area contributed by atoms with Crippen LogP contribution in [0, 0.1) is 5.92 Å². The number of rotatable bonds is 6. The summed E-state index contributed by atoms with van der Waals surface area (Å²) in [5.41, 5.74) is 0. The molecule has 1 fully saturated rings. The molecule has 1 heterocycles. The lowest BCUT2D eigenvalue weighted by molar-refractivity contribution is 0.154. The minimum absolute atomic E-state index is 0.125. The van der Waals surface area contributed by atoms with E-state index in [1.54, 1.807) is 24.3 Å². The van der Waals surface area contributed by atoms with Crippen LogP contribution in [0.1, 0.15) is 19.3 Å². The number of hydrogen-bond donors (Lipinski definition) is 1. The van der Waals surface area contributed by atoms with E-state index in [1.807, 2.05) is 0 Å². The summed E-state index contributed by atoms with van der Waals surface area (Å²) < 4.78 is 24.6. The Kier molecular flexibility index (Phi) is 6.05. The van der Waals surface area contributed by atoms with Gasteiger partial charge in [-0.15, -0.1) is 0 Å². The topological polar surface area (TPSA) is 57.6 Å². The first-order valence-corrected chi connectivity index (χ1v) is 9.36. The first kappa shape index (κ1) is 16.7. The van der Waals surface area contributed by atoms with Crippen LogP contribution in [0.4, 0.5) is 0 Å². The van der Waals surface area contributed by atoms with Crippen molar-refractivity contribution in [1.82, 2.24) is 4.90 Å². The summed E-state index contributed by atoms with van der Waals surface area (Å²) in [4.78, 5) is 2.52. The van der Waals surface area contributed by atoms with Crippen molar-refractivity contribution in [2.75, 3.05) is 32.0 Å². The van der Waals surface area contributed by atoms with Gasteiger partial charge in [-0.05, 0) is 56.0 Å². The number of nitrogens with zero attached hydrogens (tertiary/aromatic N) is 1. The normalized spacial score (nSPS) is 20.6. The number of piperidine rings is 1. The largest absolute Gasteiger partial charge is 0.396 e. The van der Waals surface area contributed by atoms with Gasteiger partial charge in [0.15, 0.2) is 9.84 Å². The molecule has 1 atom stereocenters. The lowest BCUT2D eigenvalue weighted by Crippen LogP contribution is -2.38. The number of hydrogen-bond acceptors (Lipinski definition) is 4. The van der Waals surface area contributed by atoms with Gasteiger partial charge in [0, 0.05) is 24.7 Å². The van der Waals surface area contributed by atoms with Gasteiger partial charge in [-0.25, -0.2) is 8.42 Å². The predicted octanol–water partition coefficient (Wildman–Crippen LogP) is 2.21. The second kappa shape index (κ2) is 7.58. The van der Waals surface area contributed by atoms with Crippen molar-refractivity contribution in [2.24, 2.45) is 5.92 Å². The lowest BCUT2D eigenvalue weighted by Gasteiger charge is -2.32. The molecule has 1 aromatic carbocycles. The molecule has 2 rings (SSSR count). The van der Waals surface area contributed by atoms with Gasteiger partial charge in [-0.2, -0.15) is 0 Å². The molecule has 1 N–H and O–H groups in total. The van der Waals surface area contributed by atoms with E-state index in [0.717, 1.165) is 32.4 Å². The Hall–Kier alpha value is -0.620. The molecule has 1 aliphatic heterocycles. The molecule has 6 heteroatoms. The quantitative estimate of drug-likeness (QED) is 0.868. The maximum Gasteiger partial charge on any atom is 0.179 e. The smallest absolute Gasteiger partial charge is 0.179 e. The van der Waals surface area contributed by atoms with E-state index in [9.17, 15) is 8.42 Å². The SMILES string of the molecule is O=S(=O)(CCN1CCC[C@@H](CCO)C1)c1ccc(Cl)cc1. The molecule has 1 saturated heterocycles. The zero-order chi connectivity index (χ0) is 15.3. The summed E-state index contributed by atoms with van der Waals surface area (Å²) in [6.07, 6.45) is 3.01. The minimum Gasteiger partial charge on any atom is -0.396 e. The van der Waals surface area contributed by atoms with Crippen molar-refractivity contribution < 1.29 is 13.5 Å². The predicted molar refractivity (Wildman–Crippen MR) is 84.4 cm³/mol. The number of sulfone groups is 1. The number of likely N-dealkylation sites (tertiary alicyclic amines) is 1. The summed E-state index contributed by atoms with van der Waals surface area (Å²) in [7, 11) is -3.26. The van der Waals surface area contributed by atoms with E-state index in [2.05, 4.69) is 4.90 Å². The maximum absolute atomic E-state index is 12.3. The Morgan fingerprint density at radius 1 is 1.29 bits per heavy atom. The molecule has 0 bridgehead atoms. The first-order chi connectivity index (χ1) is 10.0. The molecular formula is C15H22ClNO3S. The third-order valence-electron chi connectivity index (χ3n) is 3.99. The van der Waals surface area contributed by atoms with Gasteiger partial charge in [0.05, 0.1) is 10.6 Å². The summed E-state index contributed by atoms with van der Waals surface area (Å²) in [5, 5.41) is 9.55. The molecule has 0 unspecified atom stereocenters. The molecule has 0 radical (unpaired) electrons. The second-order valence-electron chi connectivity index (χ2n) is 5.59. The van der Waals surface area contributed by atoms with E-state index in [1.165, 1.54) is 0 Å². The highest BCUT2D eigenvalue weighted by Crippen LogP contribution is 2.20. The Labute approximate surface area is 131 Å². The van der Waals surface area contributed by atoms with Gasteiger partial charge in [0.2, 0.25) is 0 Å². The van der Waals surface area contributed by atoms with E-state index in [0.29, 0.717) is 22.4 Å². The molecule has 0 amide bonds. The molecule has 118 valence electrons. The van der Waals surface area contributed by atoms with Gasteiger partial charge in [-0.3, -0.25) is 0 Å². The number of benzene rings is 1. The maximum atomic E-state index is 12.3. The van der Waals surface area contributed by atoms with E-state index >= 15 is 0 Å². The molecule has 1 aliphatic rings. The summed E-state index contributed by atoms with van der Waals surface area (Å²) >= 11 is 5.78. The van der Waals surface area contributed by atoms with Crippen molar-refractivity contribution in [2.45, 2.75) is 24.2 Å². The zero-order valence-corrected chi connectivity index (χ0v) is 13.6. The summed E-state index contributed by atoms with van der Waals surface area (Å²) in [6.45, 7) is 2.59. The Bertz CT molecular complexity index is 543. The van der Waals surface area contributed by atoms with Crippen molar-refractivity contribution >= 4 is 21.4 Å². The van der Waals surface area contributed by atoms with Crippen molar-refractivity contribution in [3.05, 3.63) is 29.3 Å². The van der Waals surface area contributed by atoms with Crippen LogP contribution in [0.3, 0.4) is 0 Å². The Morgan fingerprint density at radius 3 is 2.67 bits per heavy atom. The van der Waals surface area contributed by atoms with Gasteiger partial charge >= 0.3 is 0 Å². The fourth-order valence-electron chi connectivity index (χ4n) is 2.78.